The van der Waals surface area contributed by atoms with E-state index in [0.29, 0.717) is 17.2 Å². The summed E-state index contributed by atoms with van der Waals surface area (Å²) in [5.41, 5.74) is 0. The summed E-state index contributed by atoms with van der Waals surface area (Å²) in [6, 6.07) is 13.7. The topological polar surface area (TPSA) is 136 Å². The Labute approximate surface area is 342 Å². The number of rotatable bonds is 8. The first-order valence-corrected chi connectivity index (χ1v) is 10.3. The molecule has 2 aromatic rings. The van der Waals surface area contributed by atoms with Crippen molar-refractivity contribution in [1.29, 1.82) is 0 Å². The molecule has 0 aliphatic carbocycles. The predicted molar refractivity (Wildman–Crippen MR) is 125 cm³/mol. The number of hydrogen-bond donors (Lipinski definition) is 1. The number of esters is 2. The van der Waals surface area contributed by atoms with E-state index in [4.69, 9.17) is 20.7 Å². The molecule has 11 nitrogen and oxygen atoms in total. The van der Waals surface area contributed by atoms with Crippen LogP contribution < -0.4 is 152 Å². The van der Waals surface area contributed by atoms with Gasteiger partial charge in [0.05, 0.1) is 28.4 Å². The van der Waals surface area contributed by atoms with Crippen molar-refractivity contribution in [1.82, 2.24) is 0 Å². The largest absolute Gasteiger partial charge is 1.00 e. The minimum absolute atomic E-state index is 0. The monoisotopic (exact) mass is 832 g/mol. The van der Waals surface area contributed by atoms with E-state index in [2.05, 4.69) is 35.2 Å². The van der Waals surface area contributed by atoms with E-state index in [-0.39, 0.29) is 168 Å². The van der Waals surface area contributed by atoms with Crippen LogP contribution in [0.1, 0.15) is 1.37 Å². The maximum absolute atomic E-state index is 10.8. The average Bonchev–Trinajstić information content (AvgIpc) is 2.91. The number of methoxy groups -OCH3 is 4. The molecule has 0 saturated carbocycles. The standard InChI is InChI=1S/C10H12O4.C7H8O2.C3H5BrO2.C2H2FO3.2Cs/c1-12-8-4-3-5-9(6-8)14-7-10(11)13-2;1-9-7-4-2-3-6(8)5-7;1-6-3(5)2-4;3-1-5-6-2-4;;/h3-6H,7H2,1-2H3;2-5,8H,1H3;2H2,1H3;1-2H;;/q;;;-1;2*+1/i;;;2D;;. The molecule has 37 heavy (non-hydrogen) atoms. The van der Waals surface area contributed by atoms with Crippen molar-refractivity contribution in [2.24, 2.45) is 0 Å². The van der Waals surface area contributed by atoms with E-state index >= 15 is 0 Å². The number of benzene rings is 2. The third-order valence-electron chi connectivity index (χ3n) is 3.13. The van der Waals surface area contributed by atoms with Crippen molar-refractivity contribution in [3.8, 4) is 23.0 Å². The Morgan fingerprint density at radius 3 is 1.84 bits per heavy atom. The minimum atomic E-state index is -1.44. The van der Waals surface area contributed by atoms with Crippen LogP contribution in [0.2, 0.25) is 0 Å². The van der Waals surface area contributed by atoms with Crippen LogP contribution in [0.25, 0.3) is 0 Å². The van der Waals surface area contributed by atoms with E-state index in [9.17, 15) is 18.8 Å². The average molecular weight is 833 g/mol. The van der Waals surface area contributed by atoms with Gasteiger partial charge >= 0.3 is 156 Å². The van der Waals surface area contributed by atoms with Gasteiger partial charge in [0, 0.05) is 12.1 Å². The van der Waals surface area contributed by atoms with Crippen LogP contribution in [0.4, 0.5) is 4.39 Å². The van der Waals surface area contributed by atoms with Gasteiger partial charge in [0.25, 0.3) is 0 Å². The molecule has 0 atom stereocenters. The van der Waals surface area contributed by atoms with Crippen molar-refractivity contribution in [3.63, 3.8) is 0 Å². The zero-order chi connectivity index (χ0) is 27.8. The molecule has 0 heterocycles. The summed E-state index contributed by atoms with van der Waals surface area (Å²) < 4.78 is 40.2. The Morgan fingerprint density at radius 1 is 0.973 bits per heavy atom. The van der Waals surface area contributed by atoms with Gasteiger partial charge in [-0.25, -0.2) is 4.79 Å². The van der Waals surface area contributed by atoms with Crippen molar-refractivity contribution < 1.29 is 196 Å². The van der Waals surface area contributed by atoms with Gasteiger partial charge in [0.2, 0.25) is 0 Å². The number of carbonyl (C=O) groups is 3. The van der Waals surface area contributed by atoms with E-state index in [1.54, 1.807) is 62.8 Å². The van der Waals surface area contributed by atoms with E-state index in [1.165, 1.54) is 14.2 Å². The van der Waals surface area contributed by atoms with Crippen LogP contribution >= 0.6 is 15.9 Å². The molecule has 0 radical (unpaired) electrons. The van der Waals surface area contributed by atoms with Crippen LogP contribution in [0.3, 0.4) is 0 Å². The molecule has 0 aromatic heterocycles. The molecule has 0 aliphatic rings. The molecule has 0 saturated heterocycles. The fraction of sp³-hybridized carbons (Fsp3) is 0.273. The smallest absolute Gasteiger partial charge is 0.508 e. The molecule has 0 amide bonds. The van der Waals surface area contributed by atoms with Gasteiger partial charge in [-0.3, -0.25) is 9.59 Å². The van der Waals surface area contributed by atoms with Gasteiger partial charge < -0.3 is 43.0 Å². The number of phenols is 1. The summed E-state index contributed by atoms with van der Waals surface area (Å²) in [5.74, 6) is 1.52. The molecule has 1 N–H and O–H groups in total. The molecular weight excluding hydrogens is 805 g/mol. The Kier molecular flexibility index (Phi) is 37.2. The van der Waals surface area contributed by atoms with Gasteiger partial charge in [-0.05, 0) is 31.1 Å². The molecule has 196 valence electrons. The quantitative estimate of drug-likeness (QED) is 0.0750. The Morgan fingerprint density at radius 2 is 1.49 bits per heavy atom. The van der Waals surface area contributed by atoms with Crippen molar-refractivity contribution in [3.05, 3.63) is 55.4 Å². The maximum atomic E-state index is 10.8. The van der Waals surface area contributed by atoms with Gasteiger partial charge in [-0.15, -0.1) is 0 Å². The van der Waals surface area contributed by atoms with Crippen molar-refractivity contribution in [2.75, 3.05) is 40.4 Å². The summed E-state index contributed by atoms with van der Waals surface area (Å²) in [6.07, 6.45) is -1.44. The Balaban J connectivity index is -0.000000211. The molecule has 2 aromatic carbocycles. The van der Waals surface area contributed by atoms with Gasteiger partial charge in [0.1, 0.15) is 28.3 Å². The first-order valence-electron chi connectivity index (χ1n) is 9.72. The Bertz CT molecular complexity index is 892. The van der Waals surface area contributed by atoms with E-state index < -0.39 is 12.4 Å². The number of phenolic OH excluding ortho intramolecular Hbond substituents is 1. The fourth-order valence-corrected chi connectivity index (χ4v) is 1.82. The normalized spacial score (nSPS) is 8.54. The number of halogens is 2. The van der Waals surface area contributed by atoms with Crippen molar-refractivity contribution >= 4 is 34.3 Å². The molecule has 15 heteroatoms. The number of aromatic hydroxyl groups is 1. The maximum Gasteiger partial charge on any atom is 1.00 e. The summed E-state index contributed by atoms with van der Waals surface area (Å²) in [5, 5.41) is 9.15. The summed E-state index contributed by atoms with van der Waals surface area (Å²) in [6.45, 7) is -0.434. The summed E-state index contributed by atoms with van der Waals surface area (Å²) in [7, 11) is 5.80. The first-order chi connectivity index (χ1) is 17.2. The van der Waals surface area contributed by atoms with E-state index in [1.807, 2.05) is 0 Å². The van der Waals surface area contributed by atoms with Crippen LogP contribution in [-0.2, 0) is 33.6 Å². The molecule has 0 fully saturated rings. The SMILES string of the molecule is COC(=O)CBr.COC(=O)COc1cccc(OC)c1.COc1cccc(O)c1.[2H]C(=O)OO[CH-]F.[Cs+].[Cs+]. The summed E-state index contributed by atoms with van der Waals surface area (Å²) in [4.78, 5) is 36.6. The van der Waals surface area contributed by atoms with Gasteiger partial charge in [-0.2, -0.15) is 0 Å². The zero-order valence-electron chi connectivity index (χ0n) is 22.4. The molecule has 2 rings (SSSR count). The first kappa shape index (κ1) is 42.0. The third kappa shape index (κ3) is 29.3. The number of ether oxygens (including phenoxy) is 5. The summed E-state index contributed by atoms with van der Waals surface area (Å²) >= 11 is 2.90. The van der Waals surface area contributed by atoms with Crippen LogP contribution in [0.5, 0.6) is 23.0 Å². The molecule has 0 unspecified atom stereocenters. The second-order valence-corrected chi connectivity index (χ2v) is 5.87. The van der Waals surface area contributed by atoms with E-state index in [0.717, 1.165) is 0 Å². The van der Waals surface area contributed by atoms with Gasteiger partial charge in [-0.1, -0.05) is 28.1 Å². The second kappa shape index (κ2) is 32.7. The molecule has 0 aliphatic heterocycles. The molecular formula is C22H27BrCs2FO11+. The minimum Gasteiger partial charge on any atom is -0.508 e. The van der Waals surface area contributed by atoms with Crippen molar-refractivity contribution in [2.45, 2.75) is 0 Å². The molecule has 0 spiro atoms. The molecule has 0 bridgehead atoms. The third-order valence-corrected chi connectivity index (χ3v) is 3.59. The number of hydrogen-bond acceptors (Lipinski definition) is 11. The van der Waals surface area contributed by atoms with Crippen LogP contribution in [0, 0.1) is 6.86 Å². The predicted octanol–water partition coefficient (Wildman–Crippen LogP) is -2.61. The van der Waals surface area contributed by atoms with Crippen LogP contribution in [0.15, 0.2) is 48.5 Å². The zero-order valence-corrected chi connectivity index (χ0v) is 35.5. The fourth-order valence-electron chi connectivity index (χ4n) is 1.60. The van der Waals surface area contributed by atoms with Gasteiger partial charge in [0.15, 0.2) is 7.98 Å². The Hall–Kier alpha value is 0.524. The number of carbonyl (C=O) groups excluding carboxylic acids is 3. The van der Waals surface area contributed by atoms with Crippen LogP contribution in [-0.4, -0.2) is 63.9 Å². The second-order valence-electron chi connectivity index (χ2n) is 5.31. The number of alkyl halides is 1.